The molecule has 2 aliphatic carbocycles. The van der Waals surface area contributed by atoms with E-state index in [4.69, 9.17) is 0 Å². The van der Waals surface area contributed by atoms with Crippen molar-refractivity contribution < 1.29 is 9.90 Å². The summed E-state index contributed by atoms with van der Waals surface area (Å²) in [5, 5.41) is 11.7. The molecule has 0 radical (unpaired) electrons. The Labute approximate surface area is 118 Å². The Balaban J connectivity index is 1.84. The molecule has 1 N–H and O–H groups in total. The van der Waals surface area contributed by atoms with E-state index in [1.807, 2.05) is 18.7 Å². The van der Waals surface area contributed by atoms with Crippen LogP contribution in [-0.4, -0.2) is 28.1 Å². The summed E-state index contributed by atoms with van der Waals surface area (Å²) in [5.41, 5.74) is 0.715. The fraction of sp³-hybridized carbons (Fsp3) is 0.667. The number of aliphatic hydroxyl groups is 1. The second kappa shape index (κ2) is 4.06. The third kappa shape index (κ3) is 2.01. The van der Waals surface area contributed by atoms with Gasteiger partial charge in [0.25, 0.3) is 0 Å². The summed E-state index contributed by atoms with van der Waals surface area (Å²) in [6.07, 6.45) is 2.13. The molecule has 0 aromatic carbocycles. The van der Waals surface area contributed by atoms with Crippen LogP contribution in [0, 0.1) is 18.3 Å². The number of rotatable bonds is 5. The van der Waals surface area contributed by atoms with Crippen molar-refractivity contribution in [3.63, 3.8) is 0 Å². The topological polar surface area (TPSA) is 40.5 Å². The number of thiophene rings is 1. The van der Waals surface area contributed by atoms with Crippen LogP contribution >= 0.6 is 11.3 Å². The van der Waals surface area contributed by atoms with Gasteiger partial charge in [-0.1, -0.05) is 0 Å². The number of hydrogen-bond donors (Lipinski definition) is 1. The van der Waals surface area contributed by atoms with Gasteiger partial charge in [0, 0.05) is 4.88 Å². The zero-order valence-corrected chi connectivity index (χ0v) is 12.6. The van der Waals surface area contributed by atoms with E-state index in [0.29, 0.717) is 12.5 Å². The zero-order valence-electron chi connectivity index (χ0n) is 11.8. The average molecular weight is 279 g/mol. The highest BCUT2D eigenvalue weighted by atomic mass is 32.1. The van der Waals surface area contributed by atoms with Crippen LogP contribution in [0.3, 0.4) is 0 Å². The standard InChI is InChI=1S/C15H21NO2S/c1-10-4-5-19-12(10)8-16(14(2,3)9-17)13(18)15-6-11(15)7-15/h4-5,11,17H,6-9H2,1-3H3. The van der Waals surface area contributed by atoms with Crippen LogP contribution in [0.4, 0.5) is 0 Å². The molecule has 104 valence electrons. The van der Waals surface area contributed by atoms with E-state index in [9.17, 15) is 9.90 Å². The van der Waals surface area contributed by atoms with Crippen molar-refractivity contribution in [1.29, 1.82) is 0 Å². The minimum atomic E-state index is -0.488. The molecular weight excluding hydrogens is 258 g/mol. The fourth-order valence-electron chi connectivity index (χ4n) is 2.68. The lowest BCUT2D eigenvalue weighted by Gasteiger charge is -2.38. The molecule has 0 aliphatic heterocycles. The molecule has 2 aliphatic rings. The molecule has 0 atom stereocenters. The Hall–Kier alpha value is -0.870. The first-order chi connectivity index (χ1) is 8.90. The summed E-state index contributed by atoms with van der Waals surface area (Å²) < 4.78 is 0. The summed E-state index contributed by atoms with van der Waals surface area (Å²) in [7, 11) is 0. The number of amides is 1. The van der Waals surface area contributed by atoms with Gasteiger partial charge in [-0.2, -0.15) is 0 Å². The summed E-state index contributed by atoms with van der Waals surface area (Å²) in [4.78, 5) is 15.9. The van der Waals surface area contributed by atoms with Gasteiger partial charge in [0.2, 0.25) is 5.91 Å². The summed E-state index contributed by atoms with van der Waals surface area (Å²) in [6.45, 7) is 6.61. The van der Waals surface area contributed by atoms with Gasteiger partial charge in [-0.3, -0.25) is 4.79 Å². The van der Waals surface area contributed by atoms with Crippen molar-refractivity contribution >= 4 is 17.2 Å². The molecule has 3 rings (SSSR count). The van der Waals surface area contributed by atoms with E-state index in [2.05, 4.69) is 18.4 Å². The average Bonchev–Trinajstić information content (AvgIpc) is 3.18. The van der Waals surface area contributed by atoms with Gasteiger partial charge in [-0.05, 0) is 56.5 Å². The Bertz CT molecular complexity index is 514. The molecule has 1 amide bonds. The Morgan fingerprint density at radius 1 is 1.58 bits per heavy atom. The maximum Gasteiger partial charge on any atom is 0.229 e. The van der Waals surface area contributed by atoms with Crippen LogP contribution in [0.1, 0.15) is 37.1 Å². The lowest BCUT2D eigenvalue weighted by molar-refractivity contribution is -0.142. The lowest BCUT2D eigenvalue weighted by Crippen LogP contribution is -2.51. The van der Waals surface area contributed by atoms with Crippen LogP contribution in [0.25, 0.3) is 0 Å². The molecule has 0 bridgehead atoms. The molecule has 0 unspecified atom stereocenters. The van der Waals surface area contributed by atoms with Gasteiger partial charge in [0.1, 0.15) is 0 Å². The van der Waals surface area contributed by atoms with Gasteiger partial charge in [0.15, 0.2) is 0 Å². The predicted octanol–water partition coefficient (Wildman–Crippen LogP) is 2.57. The molecule has 19 heavy (non-hydrogen) atoms. The van der Waals surface area contributed by atoms with E-state index in [1.165, 1.54) is 10.4 Å². The monoisotopic (exact) mass is 279 g/mol. The molecule has 4 heteroatoms. The SMILES string of the molecule is Cc1ccsc1CN(C(=O)C12CC1C2)C(C)(C)CO. The first-order valence-corrected chi connectivity index (χ1v) is 7.74. The van der Waals surface area contributed by atoms with Gasteiger partial charge < -0.3 is 10.0 Å². The number of aliphatic hydroxyl groups excluding tert-OH is 1. The van der Waals surface area contributed by atoms with E-state index >= 15 is 0 Å². The quantitative estimate of drug-likeness (QED) is 0.900. The number of hydrogen-bond acceptors (Lipinski definition) is 3. The molecule has 1 heterocycles. The van der Waals surface area contributed by atoms with Crippen molar-refractivity contribution in [3.05, 3.63) is 21.9 Å². The van der Waals surface area contributed by atoms with E-state index in [1.54, 1.807) is 11.3 Å². The number of nitrogens with zero attached hydrogens (tertiary/aromatic N) is 1. The van der Waals surface area contributed by atoms with Gasteiger partial charge in [-0.15, -0.1) is 11.3 Å². The first-order valence-electron chi connectivity index (χ1n) is 6.87. The Morgan fingerprint density at radius 2 is 2.21 bits per heavy atom. The van der Waals surface area contributed by atoms with E-state index in [0.717, 1.165) is 12.8 Å². The predicted molar refractivity (Wildman–Crippen MR) is 75.9 cm³/mol. The van der Waals surface area contributed by atoms with Crippen molar-refractivity contribution in [2.45, 2.75) is 45.7 Å². The van der Waals surface area contributed by atoms with Crippen molar-refractivity contribution in [1.82, 2.24) is 4.90 Å². The molecule has 0 spiro atoms. The summed E-state index contributed by atoms with van der Waals surface area (Å²) >= 11 is 1.69. The highest BCUT2D eigenvalue weighted by molar-refractivity contribution is 7.10. The van der Waals surface area contributed by atoms with Crippen LogP contribution < -0.4 is 0 Å². The zero-order chi connectivity index (χ0) is 13.8. The number of fused-ring (bicyclic) bond motifs is 1. The highest BCUT2D eigenvalue weighted by Gasteiger charge is 2.75. The number of aryl methyl sites for hydroxylation is 1. The highest BCUT2D eigenvalue weighted by Crippen LogP contribution is 2.76. The largest absolute Gasteiger partial charge is 0.394 e. The van der Waals surface area contributed by atoms with Crippen molar-refractivity contribution in [2.24, 2.45) is 11.3 Å². The second-order valence-electron chi connectivity index (χ2n) is 6.65. The lowest BCUT2D eigenvalue weighted by atomic mass is 10.0. The Morgan fingerprint density at radius 3 is 2.63 bits per heavy atom. The third-order valence-corrected chi connectivity index (χ3v) is 5.75. The van der Waals surface area contributed by atoms with E-state index < -0.39 is 5.54 Å². The van der Waals surface area contributed by atoms with E-state index in [-0.39, 0.29) is 17.9 Å². The van der Waals surface area contributed by atoms with Crippen molar-refractivity contribution in [2.75, 3.05) is 6.61 Å². The van der Waals surface area contributed by atoms with Crippen LogP contribution in [-0.2, 0) is 11.3 Å². The molecule has 2 saturated carbocycles. The number of carbonyl (C=O) groups excluding carboxylic acids is 1. The van der Waals surface area contributed by atoms with Crippen LogP contribution in [0.15, 0.2) is 11.4 Å². The molecular formula is C15H21NO2S. The molecule has 2 fully saturated rings. The molecule has 3 nitrogen and oxygen atoms in total. The molecule has 1 aromatic rings. The van der Waals surface area contributed by atoms with Crippen LogP contribution in [0.5, 0.6) is 0 Å². The van der Waals surface area contributed by atoms with Crippen molar-refractivity contribution in [3.8, 4) is 0 Å². The second-order valence-corrected chi connectivity index (χ2v) is 7.65. The summed E-state index contributed by atoms with van der Waals surface area (Å²) in [5.74, 6) is 0.894. The van der Waals surface area contributed by atoms with Gasteiger partial charge in [-0.25, -0.2) is 0 Å². The smallest absolute Gasteiger partial charge is 0.229 e. The van der Waals surface area contributed by atoms with Gasteiger partial charge >= 0.3 is 0 Å². The fourth-order valence-corrected chi connectivity index (χ4v) is 3.57. The minimum Gasteiger partial charge on any atom is -0.394 e. The molecule has 1 aromatic heterocycles. The maximum atomic E-state index is 12.7. The minimum absolute atomic E-state index is 0.00388. The van der Waals surface area contributed by atoms with Gasteiger partial charge in [0.05, 0.1) is 24.1 Å². The number of carbonyl (C=O) groups is 1. The summed E-state index contributed by atoms with van der Waals surface area (Å²) in [6, 6.07) is 2.09. The third-order valence-electron chi connectivity index (χ3n) is 4.74. The molecule has 0 saturated heterocycles. The first kappa shape index (κ1) is 13.1. The maximum absolute atomic E-state index is 12.7. The normalized spacial score (nSPS) is 27.9. The Kier molecular flexibility index (Phi) is 2.81. The van der Waals surface area contributed by atoms with Crippen LogP contribution in [0.2, 0.25) is 0 Å².